The lowest BCUT2D eigenvalue weighted by Crippen LogP contribution is -2.40. The summed E-state index contributed by atoms with van der Waals surface area (Å²) >= 11 is 0. The molecule has 2 aromatic carbocycles. The average Bonchev–Trinajstić information content (AvgIpc) is 3.04. The molecule has 1 spiro atoms. The molecule has 0 aromatic heterocycles. The number of hydrogen-bond donors (Lipinski definition) is 0. The van der Waals surface area contributed by atoms with Gasteiger partial charge in [-0.05, 0) is 84.7 Å². The predicted octanol–water partition coefficient (Wildman–Crippen LogP) is 5.12. The largest absolute Gasteiger partial charge is 0.0617 e. The molecular weight excluding hydrogens is 264 g/mol. The summed E-state index contributed by atoms with van der Waals surface area (Å²) in [5, 5.41) is 0. The molecule has 0 heteroatoms. The van der Waals surface area contributed by atoms with E-state index in [1.807, 2.05) is 0 Å². The minimum absolute atomic E-state index is 0.348. The highest BCUT2D eigenvalue weighted by Gasteiger charge is 2.58. The van der Waals surface area contributed by atoms with Crippen LogP contribution in [0.25, 0.3) is 0 Å². The lowest BCUT2D eigenvalue weighted by Gasteiger charge is -2.43. The van der Waals surface area contributed by atoms with E-state index in [1.54, 1.807) is 22.3 Å². The number of rotatable bonds is 0. The van der Waals surface area contributed by atoms with E-state index in [0.717, 1.165) is 11.8 Å². The van der Waals surface area contributed by atoms with Gasteiger partial charge in [0.15, 0.2) is 0 Å². The van der Waals surface area contributed by atoms with Crippen molar-refractivity contribution < 1.29 is 0 Å². The summed E-state index contributed by atoms with van der Waals surface area (Å²) in [4.78, 5) is 0. The molecule has 0 bridgehead atoms. The van der Waals surface area contributed by atoms with Crippen LogP contribution in [0, 0.1) is 25.7 Å². The van der Waals surface area contributed by atoms with Gasteiger partial charge in [-0.1, -0.05) is 42.8 Å². The van der Waals surface area contributed by atoms with Crippen LogP contribution in [0.15, 0.2) is 36.4 Å². The summed E-state index contributed by atoms with van der Waals surface area (Å²) in [5.74, 6) is 1.68. The minimum Gasteiger partial charge on any atom is -0.0617 e. The topological polar surface area (TPSA) is 0 Å². The Balaban J connectivity index is 1.86. The fourth-order valence-corrected chi connectivity index (χ4v) is 6.16. The van der Waals surface area contributed by atoms with E-state index in [9.17, 15) is 0 Å². The standard InChI is InChI=1S/C22H24/c1-14-6-3-10-20-18(14)12-16-8-5-9-17-13-19-15(2)7-4-11-21(19)22(16,17)20/h3-4,6-7,10-11,16-17H,5,8-9,12-13H2,1-2H3/t16-,17-,22?/m0/s1. The Morgan fingerprint density at radius 1 is 0.773 bits per heavy atom. The van der Waals surface area contributed by atoms with Crippen molar-refractivity contribution in [2.24, 2.45) is 11.8 Å². The van der Waals surface area contributed by atoms with Crippen LogP contribution in [0.5, 0.6) is 0 Å². The molecule has 0 aliphatic heterocycles. The number of benzene rings is 2. The van der Waals surface area contributed by atoms with Crippen LogP contribution in [0.2, 0.25) is 0 Å². The van der Waals surface area contributed by atoms with E-state index in [1.165, 1.54) is 43.2 Å². The molecule has 1 fully saturated rings. The smallest absolute Gasteiger partial charge is 0.0271 e. The Bertz CT molecular complexity index is 702. The predicted molar refractivity (Wildman–Crippen MR) is 91.4 cm³/mol. The summed E-state index contributed by atoms with van der Waals surface area (Å²) in [6.07, 6.45) is 6.88. The van der Waals surface area contributed by atoms with Crippen LogP contribution in [-0.4, -0.2) is 0 Å². The van der Waals surface area contributed by atoms with Gasteiger partial charge >= 0.3 is 0 Å². The van der Waals surface area contributed by atoms with Crippen LogP contribution in [0.3, 0.4) is 0 Å². The van der Waals surface area contributed by atoms with Crippen molar-refractivity contribution in [1.29, 1.82) is 0 Å². The van der Waals surface area contributed by atoms with Gasteiger partial charge in [0.1, 0.15) is 0 Å². The molecule has 0 saturated heterocycles. The summed E-state index contributed by atoms with van der Waals surface area (Å²) in [7, 11) is 0. The summed E-state index contributed by atoms with van der Waals surface area (Å²) in [6.45, 7) is 4.63. The maximum atomic E-state index is 2.46. The van der Waals surface area contributed by atoms with Gasteiger partial charge in [-0.2, -0.15) is 0 Å². The molecule has 22 heavy (non-hydrogen) atoms. The lowest BCUT2D eigenvalue weighted by atomic mass is 9.59. The van der Waals surface area contributed by atoms with Gasteiger partial charge < -0.3 is 0 Å². The molecule has 2 aromatic rings. The Kier molecular flexibility index (Phi) is 2.50. The third-order valence-corrected chi connectivity index (χ3v) is 7.01. The zero-order chi connectivity index (χ0) is 14.9. The second kappa shape index (κ2) is 4.25. The van der Waals surface area contributed by atoms with E-state index in [0.29, 0.717) is 5.41 Å². The molecule has 0 nitrogen and oxygen atoms in total. The molecular formula is C22H24. The van der Waals surface area contributed by atoms with Crippen molar-refractivity contribution in [3.63, 3.8) is 0 Å². The van der Waals surface area contributed by atoms with E-state index in [2.05, 4.69) is 50.2 Å². The first-order valence-corrected chi connectivity index (χ1v) is 8.91. The molecule has 3 aliphatic rings. The van der Waals surface area contributed by atoms with Crippen LogP contribution >= 0.6 is 0 Å². The fraction of sp³-hybridized carbons (Fsp3) is 0.455. The van der Waals surface area contributed by atoms with Gasteiger partial charge in [0.25, 0.3) is 0 Å². The van der Waals surface area contributed by atoms with Crippen LogP contribution in [0.4, 0.5) is 0 Å². The Hall–Kier alpha value is -1.56. The van der Waals surface area contributed by atoms with Crippen molar-refractivity contribution in [2.45, 2.75) is 51.4 Å². The minimum atomic E-state index is 0.348. The highest BCUT2D eigenvalue weighted by atomic mass is 14.6. The van der Waals surface area contributed by atoms with Crippen molar-refractivity contribution in [1.82, 2.24) is 0 Å². The first kappa shape index (κ1) is 12.9. The Labute approximate surface area is 133 Å². The van der Waals surface area contributed by atoms with Gasteiger partial charge in [-0.25, -0.2) is 0 Å². The van der Waals surface area contributed by atoms with Crippen molar-refractivity contribution in [2.75, 3.05) is 0 Å². The van der Waals surface area contributed by atoms with Gasteiger partial charge in [-0.15, -0.1) is 0 Å². The molecule has 1 saturated carbocycles. The van der Waals surface area contributed by atoms with Crippen molar-refractivity contribution in [3.8, 4) is 0 Å². The number of aryl methyl sites for hydroxylation is 2. The number of fused-ring (bicyclic) bond motifs is 2. The van der Waals surface area contributed by atoms with E-state index < -0.39 is 0 Å². The SMILES string of the molecule is Cc1cccc2c1C[C@@H]1CCC[C@H]3Cc4c(C)cccc4C213. The summed E-state index contributed by atoms with van der Waals surface area (Å²) in [5.41, 5.74) is 10.1. The molecule has 0 radical (unpaired) electrons. The van der Waals surface area contributed by atoms with Crippen LogP contribution in [-0.2, 0) is 18.3 Å². The van der Waals surface area contributed by atoms with Gasteiger partial charge in [-0.3, -0.25) is 0 Å². The summed E-state index contributed by atoms with van der Waals surface area (Å²) < 4.78 is 0. The molecule has 112 valence electrons. The zero-order valence-corrected chi connectivity index (χ0v) is 13.7. The Morgan fingerprint density at radius 3 is 1.77 bits per heavy atom. The molecule has 0 unspecified atom stereocenters. The summed E-state index contributed by atoms with van der Waals surface area (Å²) in [6, 6.07) is 14.1. The molecule has 0 amide bonds. The maximum absolute atomic E-state index is 2.46. The molecule has 0 N–H and O–H groups in total. The maximum Gasteiger partial charge on any atom is 0.0271 e. The van der Waals surface area contributed by atoms with Gasteiger partial charge in [0.05, 0.1) is 0 Å². The molecule has 3 aliphatic carbocycles. The second-order valence-corrected chi connectivity index (χ2v) is 7.80. The lowest BCUT2D eigenvalue weighted by molar-refractivity contribution is 0.176. The number of hydrogen-bond acceptors (Lipinski definition) is 0. The van der Waals surface area contributed by atoms with E-state index in [4.69, 9.17) is 0 Å². The quantitative estimate of drug-likeness (QED) is 0.631. The highest BCUT2D eigenvalue weighted by molar-refractivity contribution is 5.59. The van der Waals surface area contributed by atoms with E-state index in [-0.39, 0.29) is 0 Å². The first-order chi connectivity index (χ1) is 10.7. The second-order valence-electron chi connectivity index (χ2n) is 7.80. The molecule has 0 heterocycles. The van der Waals surface area contributed by atoms with E-state index >= 15 is 0 Å². The fourth-order valence-electron chi connectivity index (χ4n) is 6.16. The Morgan fingerprint density at radius 2 is 1.27 bits per heavy atom. The third kappa shape index (κ3) is 1.35. The average molecular weight is 288 g/mol. The first-order valence-electron chi connectivity index (χ1n) is 8.91. The van der Waals surface area contributed by atoms with Gasteiger partial charge in [0.2, 0.25) is 0 Å². The van der Waals surface area contributed by atoms with Crippen LogP contribution in [0.1, 0.15) is 52.6 Å². The van der Waals surface area contributed by atoms with Crippen molar-refractivity contribution >= 4 is 0 Å². The van der Waals surface area contributed by atoms with Gasteiger partial charge in [0, 0.05) is 5.41 Å². The molecule has 5 rings (SSSR count). The van der Waals surface area contributed by atoms with Crippen molar-refractivity contribution in [3.05, 3.63) is 69.8 Å². The zero-order valence-electron chi connectivity index (χ0n) is 13.7. The monoisotopic (exact) mass is 288 g/mol. The third-order valence-electron chi connectivity index (χ3n) is 7.01. The highest BCUT2D eigenvalue weighted by Crippen LogP contribution is 2.63. The van der Waals surface area contributed by atoms with Crippen LogP contribution < -0.4 is 0 Å². The molecule has 2 atom stereocenters. The normalized spacial score (nSPS) is 31.4.